The maximum absolute atomic E-state index is 13.3. The van der Waals surface area contributed by atoms with E-state index in [-0.39, 0.29) is 5.41 Å². The summed E-state index contributed by atoms with van der Waals surface area (Å²) in [6, 6.07) is 19.4. The van der Waals surface area contributed by atoms with Crippen LogP contribution in [0, 0.1) is 5.41 Å². The van der Waals surface area contributed by atoms with Crippen LogP contribution in [0.3, 0.4) is 0 Å². The third-order valence-electron chi connectivity index (χ3n) is 3.78. The maximum Gasteiger partial charge on any atom is 0.357 e. The van der Waals surface area contributed by atoms with E-state index in [1.807, 2.05) is 74.5 Å². The van der Waals surface area contributed by atoms with Gasteiger partial charge in [-0.1, -0.05) is 62.4 Å². The van der Waals surface area contributed by atoms with Gasteiger partial charge in [-0.05, 0) is 17.7 Å². The van der Waals surface area contributed by atoms with Crippen LogP contribution < -0.4 is 5.32 Å². The molecule has 1 unspecified atom stereocenters. The number of para-hydroxylation sites is 1. The SMILES string of the molecule is CC1(C)COP(=O)(C(Nc2ccccc2)c2ccccc2)OC1. The lowest BCUT2D eigenvalue weighted by atomic mass is 9.97. The summed E-state index contributed by atoms with van der Waals surface area (Å²) in [7, 11) is -3.30. The summed E-state index contributed by atoms with van der Waals surface area (Å²) in [4.78, 5) is 0. The summed E-state index contributed by atoms with van der Waals surface area (Å²) in [5.41, 5.74) is 1.65. The van der Waals surface area contributed by atoms with Crippen molar-refractivity contribution in [2.75, 3.05) is 18.5 Å². The van der Waals surface area contributed by atoms with E-state index in [0.29, 0.717) is 13.2 Å². The molecule has 122 valence electrons. The lowest BCUT2D eigenvalue weighted by Gasteiger charge is -2.37. The number of rotatable bonds is 4. The number of anilines is 1. The molecule has 4 nitrogen and oxygen atoms in total. The Balaban J connectivity index is 1.91. The fraction of sp³-hybridized carbons (Fsp3) is 0.333. The monoisotopic (exact) mass is 331 g/mol. The first-order valence-electron chi connectivity index (χ1n) is 7.74. The second kappa shape index (κ2) is 6.48. The Morgan fingerprint density at radius 2 is 1.48 bits per heavy atom. The van der Waals surface area contributed by atoms with Gasteiger partial charge >= 0.3 is 7.60 Å². The molecule has 0 aliphatic carbocycles. The van der Waals surface area contributed by atoms with Gasteiger partial charge in [-0.15, -0.1) is 0 Å². The van der Waals surface area contributed by atoms with Crippen LogP contribution in [-0.4, -0.2) is 13.2 Å². The van der Waals surface area contributed by atoms with Crippen LogP contribution in [0.4, 0.5) is 5.69 Å². The van der Waals surface area contributed by atoms with E-state index in [0.717, 1.165) is 11.3 Å². The highest BCUT2D eigenvalue weighted by Crippen LogP contribution is 2.63. The zero-order chi connectivity index (χ0) is 16.3. The van der Waals surface area contributed by atoms with Gasteiger partial charge in [0.15, 0.2) is 5.78 Å². The zero-order valence-corrected chi connectivity index (χ0v) is 14.3. The molecule has 0 bridgehead atoms. The van der Waals surface area contributed by atoms with Gasteiger partial charge in [-0.25, -0.2) is 0 Å². The highest BCUT2D eigenvalue weighted by Gasteiger charge is 2.43. The van der Waals surface area contributed by atoms with Gasteiger partial charge in [-0.3, -0.25) is 4.57 Å². The quantitative estimate of drug-likeness (QED) is 0.795. The third kappa shape index (κ3) is 3.84. The second-order valence-electron chi connectivity index (χ2n) is 6.57. The number of nitrogens with one attached hydrogen (secondary N) is 1. The summed E-state index contributed by atoms with van der Waals surface area (Å²) >= 11 is 0. The molecule has 5 heteroatoms. The van der Waals surface area contributed by atoms with Crippen molar-refractivity contribution >= 4 is 13.3 Å². The van der Waals surface area contributed by atoms with Crippen molar-refractivity contribution in [2.45, 2.75) is 19.6 Å². The zero-order valence-electron chi connectivity index (χ0n) is 13.4. The van der Waals surface area contributed by atoms with Gasteiger partial charge in [0, 0.05) is 11.1 Å². The molecular formula is C18H22NO3P. The Kier molecular flexibility index (Phi) is 4.58. The summed E-state index contributed by atoms with van der Waals surface area (Å²) in [5, 5.41) is 3.32. The van der Waals surface area contributed by atoms with Gasteiger partial charge in [0.1, 0.15) is 0 Å². The summed E-state index contributed by atoms with van der Waals surface area (Å²) < 4.78 is 24.8. The predicted octanol–water partition coefficient (Wildman–Crippen LogP) is 5.06. The number of hydrogen-bond donors (Lipinski definition) is 1. The molecule has 1 aliphatic rings. The minimum absolute atomic E-state index is 0.123. The first-order chi connectivity index (χ1) is 11.0. The largest absolute Gasteiger partial charge is 0.368 e. The van der Waals surface area contributed by atoms with Gasteiger partial charge < -0.3 is 14.4 Å². The standard InChI is InChI=1S/C18H22NO3P/c1-18(2)13-21-23(20,22-14-18)17(15-9-5-3-6-10-15)19-16-11-7-4-8-12-16/h3-12,17,19H,13-14H2,1-2H3. The molecule has 2 aromatic carbocycles. The van der Waals surface area contributed by atoms with E-state index in [1.54, 1.807) is 0 Å². The first-order valence-corrected chi connectivity index (χ1v) is 9.35. The first kappa shape index (κ1) is 16.3. The molecule has 1 N–H and O–H groups in total. The van der Waals surface area contributed by atoms with Crippen LogP contribution in [-0.2, 0) is 13.6 Å². The predicted molar refractivity (Wildman–Crippen MR) is 92.5 cm³/mol. The van der Waals surface area contributed by atoms with Gasteiger partial charge in [-0.2, -0.15) is 0 Å². The molecule has 0 saturated carbocycles. The Morgan fingerprint density at radius 1 is 0.957 bits per heavy atom. The Bertz CT molecular complexity index is 674. The molecule has 1 fully saturated rings. The molecule has 2 aromatic rings. The van der Waals surface area contributed by atoms with Crippen LogP contribution in [0.2, 0.25) is 0 Å². The molecule has 23 heavy (non-hydrogen) atoms. The Morgan fingerprint density at radius 3 is 2.04 bits per heavy atom. The van der Waals surface area contributed by atoms with Crippen LogP contribution in [0.25, 0.3) is 0 Å². The van der Waals surface area contributed by atoms with E-state index < -0.39 is 13.4 Å². The summed E-state index contributed by atoms with van der Waals surface area (Å²) in [6.07, 6.45) is 0. The molecule has 1 heterocycles. The van der Waals surface area contributed by atoms with Crippen LogP contribution >= 0.6 is 7.60 Å². The molecule has 0 aromatic heterocycles. The Hall–Kier alpha value is -1.61. The average Bonchev–Trinajstić information content (AvgIpc) is 2.57. The third-order valence-corrected chi connectivity index (χ3v) is 5.82. The molecular weight excluding hydrogens is 309 g/mol. The fourth-order valence-corrected chi connectivity index (χ4v) is 4.71. The molecule has 1 aliphatic heterocycles. The second-order valence-corrected chi connectivity index (χ2v) is 8.69. The van der Waals surface area contributed by atoms with Gasteiger partial charge in [0.25, 0.3) is 0 Å². The van der Waals surface area contributed by atoms with E-state index in [1.165, 1.54) is 0 Å². The fourth-order valence-electron chi connectivity index (χ4n) is 2.43. The van der Waals surface area contributed by atoms with E-state index in [9.17, 15) is 4.57 Å². The molecule has 0 amide bonds. The average molecular weight is 331 g/mol. The molecule has 0 spiro atoms. The van der Waals surface area contributed by atoms with Crippen molar-refractivity contribution in [1.29, 1.82) is 0 Å². The number of benzene rings is 2. The normalized spacial score (nSPS) is 20.6. The smallest absolute Gasteiger partial charge is 0.357 e. The van der Waals surface area contributed by atoms with Gasteiger partial charge in [0.2, 0.25) is 0 Å². The van der Waals surface area contributed by atoms with Gasteiger partial charge in [0.05, 0.1) is 13.2 Å². The highest BCUT2D eigenvalue weighted by molar-refractivity contribution is 7.54. The summed E-state index contributed by atoms with van der Waals surface area (Å²) in [5.74, 6) is -0.526. The van der Waals surface area contributed by atoms with Crippen molar-refractivity contribution in [2.24, 2.45) is 5.41 Å². The highest BCUT2D eigenvalue weighted by atomic mass is 31.2. The molecule has 1 atom stereocenters. The van der Waals surface area contributed by atoms with Crippen molar-refractivity contribution in [3.63, 3.8) is 0 Å². The lowest BCUT2D eigenvalue weighted by Crippen LogP contribution is -2.31. The molecule has 3 rings (SSSR count). The van der Waals surface area contributed by atoms with E-state index in [4.69, 9.17) is 9.05 Å². The molecule has 1 saturated heterocycles. The van der Waals surface area contributed by atoms with E-state index in [2.05, 4.69) is 5.32 Å². The number of hydrogen-bond acceptors (Lipinski definition) is 4. The maximum atomic E-state index is 13.3. The minimum Gasteiger partial charge on any atom is -0.368 e. The van der Waals surface area contributed by atoms with Crippen molar-refractivity contribution in [1.82, 2.24) is 0 Å². The van der Waals surface area contributed by atoms with Crippen molar-refractivity contribution < 1.29 is 13.6 Å². The van der Waals surface area contributed by atoms with E-state index >= 15 is 0 Å². The van der Waals surface area contributed by atoms with Crippen molar-refractivity contribution in [3.05, 3.63) is 66.2 Å². The lowest BCUT2D eigenvalue weighted by molar-refractivity contribution is 0.0387. The topological polar surface area (TPSA) is 47.6 Å². The minimum atomic E-state index is -3.30. The van der Waals surface area contributed by atoms with Crippen molar-refractivity contribution in [3.8, 4) is 0 Å². The molecule has 0 radical (unpaired) electrons. The van der Waals surface area contributed by atoms with Crippen LogP contribution in [0.1, 0.15) is 25.2 Å². The van der Waals surface area contributed by atoms with Crippen LogP contribution in [0.15, 0.2) is 60.7 Å². The Labute approximate surface area is 137 Å². The summed E-state index contributed by atoms with van der Waals surface area (Å²) in [6.45, 7) is 4.92. The van der Waals surface area contributed by atoms with Crippen LogP contribution in [0.5, 0.6) is 0 Å².